The molecule has 0 spiro atoms. The number of carbonyl (C=O) groups excluding carboxylic acids is 3. The molecule has 4 rings (SSSR count). The molecule has 0 unspecified atom stereocenters. The van der Waals surface area contributed by atoms with Crippen LogP contribution < -0.4 is 10.6 Å². The average Bonchev–Trinajstić information content (AvgIpc) is 3.50. The number of aromatic carboxylic acids is 1. The number of aromatic nitrogens is 1. The van der Waals surface area contributed by atoms with Gasteiger partial charge in [0, 0.05) is 5.38 Å². The number of urea groups is 1. The minimum absolute atomic E-state index is 0.149. The number of carbonyl (C=O) groups is 4. The van der Waals surface area contributed by atoms with Crippen LogP contribution in [0.3, 0.4) is 0 Å². The van der Waals surface area contributed by atoms with Crippen molar-refractivity contribution in [3.8, 4) is 0 Å². The van der Waals surface area contributed by atoms with Crippen molar-refractivity contribution in [3.05, 3.63) is 11.1 Å². The Kier molecular flexibility index (Phi) is 7.07. The molecule has 32 heavy (non-hydrogen) atoms. The molecule has 174 valence electrons. The zero-order chi connectivity index (χ0) is 22.7. The summed E-state index contributed by atoms with van der Waals surface area (Å²) in [6, 6.07) is -2.03. The molecule has 1 saturated heterocycles. The van der Waals surface area contributed by atoms with Crippen molar-refractivity contribution in [1.82, 2.24) is 15.2 Å². The van der Waals surface area contributed by atoms with E-state index >= 15 is 0 Å². The molecule has 0 radical (unpaired) electrons. The van der Waals surface area contributed by atoms with Crippen LogP contribution in [-0.4, -0.2) is 50.9 Å². The van der Waals surface area contributed by atoms with Gasteiger partial charge in [-0.25, -0.2) is 19.5 Å². The fourth-order valence-electron chi connectivity index (χ4n) is 5.27. The maximum absolute atomic E-state index is 13.2. The molecular formula is C22H30N4O5S. The molecule has 10 heteroatoms. The maximum atomic E-state index is 13.2. The molecule has 4 amide bonds. The number of nitrogens with zero attached hydrogens (tertiary/aromatic N) is 2. The molecule has 3 fully saturated rings. The Morgan fingerprint density at radius 2 is 1.78 bits per heavy atom. The van der Waals surface area contributed by atoms with Crippen LogP contribution in [0.4, 0.5) is 9.93 Å². The van der Waals surface area contributed by atoms with Gasteiger partial charge in [-0.1, -0.05) is 57.8 Å². The van der Waals surface area contributed by atoms with Gasteiger partial charge in [0.1, 0.15) is 12.1 Å². The fourth-order valence-corrected chi connectivity index (χ4v) is 5.96. The third kappa shape index (κ3) is 5.11. The van der Waals surface area contributed by atoms with E-state index in [1.807, 2.05) is 0 Å². The summed E-state index contributed by atoms with van der Waals surface area (Å²) in [4.78, 5) is 55.4. The highest BCUT2D eigenvalue weighted by Crippen LogP contribution is 2.33. The Morgan fingerprint density at radius 1 is 1.12 bits per heavy atom. The molecule has 2 saturated carbocycles. The number of nitrogens with one attached hydrogen (secondary N) is 2. The van der Waals surface area contributed by atoms with E-state index in [0.29, 0.717) is 18.8 Å². The van der Waals surface area contributed by atoms with E-state index in [0.717, 1.165) is 74.0 Å². The fraction of sp³-hybridized carbons (Fsp3) is 0.682. The molecule has 0 bridgehead atoms. The number of hydrogen-bond acceptors (Lipinski definition) is 6. The third-order valence-corrected chi connectivity index (χ3v) is 7.70. The summed E-state index contributed by atoms with van der Waals surface area (Å²) in [5, 5.41) is 16.0. The van der Waals surface area contributed by atoms with Gasteiger partial charge in [-0.2, -0.15) is 0 Å². The Morgan fingerprint density at radius 3 is 2.44 bits per heavy atom. The molecule has 2 heterocycles. The van der Waals surface area contributed by atoms with Gasteiger partial charge in [0.25, 0.3) is 5.91 Å². The van der Waals surface area contributed by atoms with Gasteiger partial charge in [0.05, 0.1) is 0 Å². The lowest BCUT2D eigenvalue weighted by Crippen LogP contribution is -2.49. The van der Waals surface area contributed by atoms with Crippen LogP contribution in [-0.2, 0) is 9.59 Å². The SMILES string of the molecule is O=C(O)c1csc(NC(=O)[C@H](CC2CCCCC2)N2C(=O)N[C@@H](CC3CCCC3)C2=O)n1. The molecule has 1 aromatic rings. The smallest absolute Gasteiger partial charge is 0.355 e. The van der Waals surface area contributed by atoms with Crippen LogP contribution in [0.2, 0.25) is 0 Å². The van der Waals surface area contributed by atoms with Crippen molar-refractivity contribution in [1.29, 1.82) is 0 Å². The van der Waals surface area contributed by atoms with E-state index in [1.165, 1.54) is 5.38 Å². The zero-order valence-corrected chi connectivity index (χ0v) is 18.9. The minimum atomic E-state index is -1.18. The number of anilines is 1. The van der Waals surface area contributed by atoms with E-state index < -0.39 is 30.0 Å². The summed E-state index contributed by atoms with van der Waals surface area (Å²) in [5.41, 5.74) is -0.152. The lowest BCUT2D eigenvalue weighted by Gasteiger charge is -2.30. The van der Waals surface area contributed by atoms with E-state index in [1.54, 1.807) is 0 Å². The van der Waals surface area contributed by atoms with Crippen molar-refractivity contribution < 1.29 is 24.3 Å². The summed E-state index contributed by atoms with van der Waals surface area (Å²) in [5.74, 6) is -1.31. The summed E-state index contributed by atoms with van der Waals surface area (Å²) in [6.45, 7) is 0. The van der Waals surface area contributed by atoms with Crippen molar-refractivity contribution in [2.45, 2.75) is 82.7 Å². The van der Waals surface area contributed by atoms with Gasteiger partial charge in [0.2, 0.25) is 5.91 Å². The van der Waals surface area contributed by atoms with Gasteiger partial charge < -0.3 is 15.7 Å². The maximum Gasteiger partial charge on any atom is 0.355 e. The van der Waals surface area contributed by atoms with Gasteiger partial charge in [-0.15, -0.1) is 11.3 Å². The van der Waals surface area contributed by atoms with Crippen LogP contribution in [0, 0.1) is 11.8 Å². The molecular weight excluding hydrogens is 432 g/mol. The molecule has 1 aliphatic heterocycles. The highest BCUT2D eigenvalue weighted by atomic mass is 32.1. The first-order valence-electron chi connectivity index (χ1n) is 11.6. The number of rotatable bonds is 8. The topological polar surface area (TPSA) is 129 Å². The predicted octanol–water partition coefficient (Wildman–Crippen LogP) is 3.62. The first-order chi connectivity index (χ1) is 15.4. The monoisotopic (exact) mass is 462 g/mol. The van der Waals surface area contributed by atoms with E-state index in [4.69, 9.17) is 5.11 Å². The Labute approximate surface area is 191 Å². The van der Waals surface area contributed by atoms with E-state index in [2.05, 4.69) is 15.6 Å². The largest absolute Gasteiger partial charge is 0.476 e. The number of thiazole rings is 1. The molecule has 3 N–H and O–H groups in total. The quantitative estimate of drug-likeness (QED) is 0.506. The first kappa shape index (κ1) is 22.7. The van der Waals surface area contributed by atoms with E-state index in [9.17, 15) is 19.2 Å². The first-order valence-corrected chi connectivity index (χ1v) is 12.4. The Balaban J connectivity index is 1.50. The second kappa shape index (κ2) is 9.97. The summed E-state index contributed by atoms with van der Waals surface area (Å²) >= 11 is 1.01. The summed E-state index contributed by atoms with van der Waals surface area (Å²) < 4.78 is 0. The number of amides is 4. The minimum Gasteiger partial charge on any atom is -0.476 e. The standard InChI is InChI=1S/C22H30N4O5S/c27-18(25-21-23-16(12-32-21)20(29)30)17(11-14-6-2-1-3-7-14)26-19(28)15(24-22(26)31)10-13-8-4-5-9-13/h12-15,17H,1-11H2,(H,24,31)(H,29,30)(H,23,25,27)/t15-,17-/m0/s1. The van der Waals surface area contributed by atoms with Crippen LogP contribution in [0.5, 0.6) is 0 Å². The summed E-state index contributed by atoms with van der Waals surface area (Å²) in [6.07, 6.45) is 10.8. The normalized spacial score (nSPS) is 23.4. The number of carboxylic acids is 1. The van der Waals surface area contributed by atoms with Crippen LogP contribution >= 0.6 is 11.3 Å². The highest BCUT2D eigenvalue weighted by Gasteiger charge is 2.46. The second-order valence-electron chi connectivity index (χ2n) is 9.18. The molecule has 0 aromatic carbocycles. The van der Waals surface area contributed by atoms with E-state index in [-0.39, 0.29) is 22.7 Å². The van der Waals surface area contributed by atoms with Gasteiger partial charge in [-0.3, -0.25) is 9.59 Å². The van der Waals surface area contributed by atoms with Gasteiger partial charge >= 0.3 is 12.0 Å². The van der Waals surface area contributed by atoms with Gasteiger partial charge in [0.15, 0.2) is 10.8 Å². The predicted molar refractivity (Wildman–Crippen MR) is 118 cm³/mol. The Hall–Kier alpha value is -2.49. The van der Waals surface area contributed by atoms with Crippen molar-refractivity contribution in [2.75, 3.05) is 5.32 Å². The lowest BCUT2D eigenvalue weighted by atomic mass is 9.84. The Bertz CT molecular complexity index is 875. The number of hydrogen-bond donors (Lipinski definition) is 3. The highest BCUT2D eigenvalue weighted by molar-refractivity contribution is 7.14. The van der Waals surface area contributed by atoms with Crippen molar-refractivity contribution in [3.63, 3.8) is 0 Å². The lowest BCUT2D eigenvalue weighted by molar-refractivity contribution is -0.134. The van der Waals surface area contributed by atoms with Crippen LogP contribution in [0.25, 0.3) is 0 Å². The second-order valence-corrected chi connectivity index (χ2v) is 10.0. The zero-order valence-electron chi connectivity index (χ0n) is 18.0. The molecule has 9 nitrogen and oxygen atoms in total. The average molecular weight is 463 g/mol. The van der Waals surface area contributed by atoms with Gasteiger partial charge in [-0.05, 0) is 24.7 Å². The van der Waals surface area contributed by atoms with Crippen molar-refractivity contribution in [2.24, 2.45) is 11.8 Å². The number of carboxylic acid groups (broad SMARTS) is 1. The summed E-state index contributed by atoms with van der Waals surface area (Å²) in [7, 11) is 0. The molecule has 3 aliphatic rings. The third-order valence-electron chi connectivity index (χ3n) is 6.94. The molecule has 1 aromatic heterocycles. The van der Waals surface area contributed by atoms with Crippen LogP contribution in [0.15, 0.2) is 5.38 Å². The van der Waals surface area contributed by atoms with Crippen molar-refractivity contribution >= 4 is 40.3 Å². The molecule has 2 aliphatic carbocycles. The number of imide groups is 1. The molecule has 2 atom stereocenters. The van der Waals surface area contributed by atoms with Crippen LogP contribution in [0.1, 0.15) is 81.1 Å².